The van der Waals surface area contributed by atoms with Crippen LogP contribution in [0.1, 0.15) is 0 Å². The average Bonchev–Trinajstić information content (AvgIpc) is 2.20. The van der Waals surface area contributed by atoms with Crippen LogP contribution in [0, 0.1) is 0 Å². The van der Waals surface area contributed by atoms with Gasteiger partial charge in [-0.25, -0.2) is 10.5 Å². The van der Waals surface area contributed by atoms with Crippen LogP contribution in [0.25, 0.3) is 0 Å². The van der Waals surface area contributed by atoms with Crippen LogP contribution < -0.4 is 46.0 Å². The second kappa shape index (κ2) is 6.05. The Kier molecular flexibility index (Phi) is 5.98. The molecule has 0 fully saturated rings. The third-order valence-corrected chi connectivity index (χ3v) is 6.11. The number of nitrogens with zero attached hydrogens (tertiary/aromatic N) is 4. The molecule has 0 aliphatic heterocycles. The predicted octanol–water partition coefficient (Wildman–Crippen LogP) is -4.51. The van der Waals surface area contributed by atoms with Crippen molar-refractivity contribution in [2.45, 2.75) is 11.8 Å². The largest absolute Gasteiger partial charge is 0.318 e. The molecule has 116 valence electrons. The van der Waals surface area contributed by atoms with E-state index in [1.54, 1.807) is 30.5 Å². The summed E-state index contributed by atoms with van der Waals surface area (Å²) >= 11 is 0. The van der Waals surface area contributed by atoms with Crippen LogP contribution in [-0.4, -0.2) is 53.6 Å². The van der Waals surface area contributed by atoms with Crippen LogP contribution in [-0.2, 0) is 0 Å². The number of hydrogen-bond acceptors (Lipinski definition) is 8. The van der Waals surface area contributed by atoms with Crippen LogP contribution in [0.15, 0.2) is 4.85 Å². The zero-order valence-electron chi connectivity index (χ0n) is 11.6. The van der Waals surface area contributed by atoms with Gasteiger partial charge in [-0.15, -0.1) is 0 Å². The minimum absolute atomic E-state index is 0.0787. The fraction of sp³-hybridized carbons (Fsp3) is 1.00. The van der Waals surface area contributed by atoms with Crippen molar-refractivity contribution in [3.63, 3.8) is 0 Å². The smallest absolute Gasteiger partial charge is 0.192 e. The molecule has 0 saturated heterocycles. The first kappa shape index (κ1) is 18.8. The van der Waals surface area contributed by atoms with E-state index in [0.717, 1.165) is 4.67 Å². The molecule has 0 radical (unpaired) electrons. The SMILES string of the molecule is CN(C)P(=NN)(N(C)CN)N(C(N)(N)N)C(N)(N)N. The standard InChI is InChI=1S/C6H27N12P/c1-16(2)19(15-14,17(3)4-7)18(5(8,9)10)6(11,12)13/h4,7-14H2,1-3H3. The number of nitrogens with two attached hydrogens (primary N) is 8. The highest BCUT2D eigenvalue weighted by molar-refractivity contribution is 7.59. The van der Waals surface area contributed by atoms with E-state index in [2.05, 4.69) is 4.85 Å². The zero-order chi connectivity index (χ0) is 15.6. The van der Waals surface area contributed by atoms with Gasteiger partial charge in [0.05, 0.1) is 6.67 Å². The molecule has 0 rings (SSSR count). The van der Waals surface area contributed by atoms with E-state index in [4.69, 9.17) is 46.0 Å². The summed E-state index contributed by atoms with van der Waals surface area (Å²) in [6.45, 7) is 0.0787. The summed E-state index contributed by atoms with van der Waals surface area (Å²) in [6, 6.07) is 0. The Hall–Kier alpha value is -0.210. The Balaban J connectivity index is 6.24. The van der Waals surface area contributed by atoms with Crippen molar-refractivity contribution in [3.05, 3.63) is 0 Å². The summed E-state index contributed by atoms with van der Waals surface area (Å²) < 4.78 is 4.26. The molecule has 0 aromatic carbocycles. The summed E-state index contributed by atoms with van der Waals surface area (Å²) in [5, 5.41) is 0. The third kappa shape index (κ3) is 3.66. The Labute approximate surface area is 113 Å². The van der Waals surface area contributed by atoms with Gasteiger partial charge in [-0.2, -0.15) is 9.52 Å². The predicted molar refractivity (Wildman–Crippen MR) is 76.5 cm³/mol. The lowest BCUT2D eigenvalue weighted by molar-refractivity contribution is 0.0727. The summed E-state index contributed by atoms with van der Waals surface area (Å²) in [4.78, 5) is 3.85. The van der Waals surface area contributed by atoms with Gasteiger partial charge < -0.3 is 5.73 Å². The highest BCUT2D eigenvalue weighted by atomic mass is 31.2. The van der Waals surface area contributed by atoms with E-state index in [1.807, 2.05) is 0 Å². The molecule has 19 heavy (non-hydrogen) atoms. The van der Waals surface area contributed by atoms with Crippen LogP contribution in [0.3, 0.4) is 0 Å². The molecule has 0 aliphatic rings. The molecule has 13 heteroatoms. The topological polar surface area (TPSA) is 230 Å². The van der Waals surface area contributed by atoms with Crippen molar-refractivity contribution in [1.82, 2.24) is 14.0 Å². The fourth-order valence-electron chi connectivity index (χ4n) is 1.79. The minimum Gasteiger partial charge on any atom is -0.318 e. The van der Waals surface area contributed by atoms with Crippen molar-refractivity contribution < 1.29 is 0 Å². The van der Waals surface area contributed by atoms with Gasteiger partial charge in [0.15, 0.2) is 19.3 Å². The van der Waals surface area contributed by atoms with Gasteiger partial charge in [0.25, 0.3) is 0 Å². The first-order chi connectivity index (χ1) is 8.35. The summed E-state index contributed by atoms with van der Waals surface area (Å²) in [5.41, 5.74) is 39.9. The van der Waals surface area contributed by atoms with Gasteiger partial charge >= 0.3 is 0 Å². The Morgan fingerprint density at radius 2 is 1.32 bits per heavy atom. The van der Waals surface area contributed by atoms with Crippen molar-refractivity contribution in [2.75, 3.05) is 27.8 Å². The molecule has 0 amide bonds. The molecule has 0 aromatic heterocycles. The fourth-order valence-corrected chi connectivity index (χ4v) is 4.70. The lowest BCUT2D eigenvalue weighted by Crippen LogP contribution is -2.83. The van der Waals surface area contributed by atoms with Gasteiger partial charge in [-0.05, 0) is 21.1 Å². The normalized spacial score (nSPS) is 17.2. The number of rotatable bonds is 6. The van der Waals surface area contributed by atoms with Gasteiger partial charge in [-0.3, -0.25) is 39.1 Å². The molecule has 1 unspecified atom stereocenters. The third-order valence-electron chi connectivity index (χ3n) is 2.42. The van der Waals surface area contributed by atoms with Crippen LogP contribution >= 0.6 is 7.51 Å². The van der Waals surface area contributed by atoms with Crippen LogP contribution in [0.5, 0.6) is 0 Å². The summed E-state index contributed by atoms with van der Waals surface area (Å²) in [6.07, 6.45) is 0. The molecule has 0 saturated carbocycles. The van der Waals surface area contributed by atoms with Crippen molar-refractivity contribution in [3.8, 4) is 0 Å². The number of hydrogen-bond donors (Lipinski definition) is 8. The maximum Gasteiger partial charge on any atom is 0.192 e. The van der Waals surface area contributed by atoms with E-state index >= 15 is 0 Å². The molecule has 16 N–H and O–H groups in total. The van der Waals surface area contributed by atoms with Gasteiger partial charge in [0, 0.05) is 0 Å². The van der Waals surface area contributed by atoms with Crippen molar-refractivity contribution >= 4 is 7.51 Å². The van der Waals surface area contributed by atoms with E-state index in [-0.39, 0.29) is 6.67 Å². The molecule has 1 atom stereocenters. The van der Waals surface area contributed by atoms with E-state index in [1.165, 1.54) is 0 Å². The second-order valence-corrected chi connectivity index (χ2v) is 7.61. The second-order valence-electron chi connectivity index (χ2n) is 4.43. The van der Waals surface area contributed by atoms with Gasteiger partial charge in [0.1, 0.15) is 0 Å². The molecule has 12 nitrogen and oxygen atoms in total. The molecule has 0 aliphatic carbocycles. The van der Waals surface area contributed by atoms with E-state index in [0.29, 0.717) is 0 Å². The summed E-state index contributed by atoms with van der Waals surface area (Å²) in [5.74, 6) is 1.63. The van der Waals surface area contributed by atoms with Crippen LogP contribution in [0.4, 0.5) is 0 Å². The van der Waals surface area contributed by atoms with Gasteiger partial charge in [-0.1, -0.05) is 0 Å². The van der Waals surface area contributed by atoms with Crippen molar-refractivity contribution in [1.29, 1.82) is 0 Å². The monoisotopic (exact) mass is 298 g/mol. The Bertz CT molecular complexity index is 325. The highest BCUT2D eigenvalue weighted by Gasteiger charge is 2.49. The lowest BCUT2D eigenvalue weighted by Gasteiger charge is -2.53. The average molecular weight is 298 g/mol. The first-order valence-electron chi connectivity index (χ1n) is 5.30. The van der Waals surface area contributed by atoms with E-state index in [9.17, 15) is 0 Å². The molecule has 0 heterocycles. The summed E-state index contributed by atoms with van der Waals surface area (Å²) in [7, 11) is 2.04. The highest BCUT2D eigenvalue weighted by Crippen LogP contribution is 2.58. The Morgan fingerprint density at radius 1 is 0.947 bits per heavy atom. The maximum atomic E-state index is 5.72. The van der Waals surface area contributed by atoms with Crippen LogP contribution in [0.2, 0.25) is 0 Å². The molecule has 0 bridgehead atoms. The molecule has 0 spiro atoms. The minimum atomic E-state index is -2.97. The zero-order valence-corrected chi connectivity index (χ0v) is 12.5. The van der Waals surface area contributed by atoms with E-state index < -0.39 is 19.3 Å². The maximum absolute atomic E-state index is 5.72. The van der Waals surface area contributed by atoms with Gasteiger partial charge in [0.2, 0.25) is 0 Å². The van der Waals surface area contributed by atoms with Crippen molar-refractivity contribution in [2.24, 2.45) is 50.8 Å². The first-order valence-corrected chi connectivity index (χ1v) is 6.90. The molecular weight excluding hydrogens is 271 g/mol. The quantitative estimate of drug-likeness (QED) is 0.101. The molecule has 0 aromatic rings. The Morgan fingerprint density at radius 3 is 1.47 bits per heavy atom. The molecular formula is C6H27N12P. The lowest BCUT2D eigenvalue weighted by atomic mass is 10.6.